The van der Waals surface area contributed by atoms with Gasteiger partial charge in [0.15, 0.2) is 0 Å². The predicted octanol–water partition coefficient (Wildman–Crippen LogP) is 3.74. The van der Waals surface area contributed by atoms with E-state index < -0.39 is 0 Å². The zero-order chi connectivity index (χ0) is 14.7. The Bertz CT molecular complexity index is 687. The van der Waals surface area contributed by atoms with Crippen LogP contribution in [0.5, 0.6) is 0 Å². The number of aryl methyl sites for hydroxylation is 3. The smallest absolute Gasteiger partial charge is 0.330 e. The molecule has 0 radical (unpaired) electrons. The van der Waals surface area contributed by atoms with Crippen molar-refractivity contribution in [2.45, 2.75) is 27.7 Å². The molecule has 1 aromatic heterocycles. The fourth-order valence-electron chi connectivity index (χ4n) is 2.31. The lowest BCUT2D eigenvalue weighted by Gasteiger charge is -2.08. The molecule has 3 heteroatoms. The number of nitrogens with zero attached hydrogens (tertiary/aromatic N) is 1. The highest BCUT2D eigenvalue weighted by Gasteiger charge is 2.06. The summed E-state index contributed by atoms with van der Waals surface area (Å²) >= 11 is 0. The molecular weight excluding hydrogens is 250 g/mol. The molecule has 0 fully saturated rings. The number of ether oxygens (including phenoxy) is 1. The molecule has 0 aliphatic heterocycles. The Hall–Kier alpha value is -2.16. The normalized spacial score (nSPS) is 11.2. The molecule has 0 aliphatic carbocycles. The van der Waals surface area contributed by atoms with Gasteiger partial charge in [-0.2, -0.15) is 0 Å². The van der Waals surface area contributed by atoms with Crippen LogP contribution in [0.15, 0.2) is 24.3 Å². The number of rotatable bonds is 3. The lowest BCUT2D eigenvalue weighted by Crippen LogP contribution is -1.99. The van der Waals surface area contributed by atoms with Gasteiger partial charge in [-0.1, -0.05) is 0 Å². The number of benzene rings is 1. The highest BCUT2D eigenvalue weighted by Crippen LogP contribution is 2.24. The Kier molecular flexibility index (Phi) is 4.18. The monoisotopic (exact) mass is 269 g/mol. The number of pyridine rings is 1. The lowest BCUT2D eigenvalue weighted by atomic mass is 10.0. The fourth-order valence-corrected chi connectivity index (χ4v) is 2.31. The van der Waals surface area contributed by atoms with E-state index in [-0.39, 0.29) is 5.97 Å². The lowest BCUT2D eigenvalue weighted by molar-refractivity contribution is -0.137. The minimum atomic E-state index is -0.327. The summed E-state index contributed by atoms with van der Waals surface area (Å²) in [5.74, 6) is -0.327. The van der Waals surface area contributed by atoms with E-state index in [1.807, 2.05) is 19.9 Å². The van der Waals surface area contributed by atoms with Crippen LogP contribution in [0.25, 0.3) is 17.0 Å². The molecule has 1 heterocycles. The van der Waals surface area contributed by atoms with Crippen LogP contribution < -0.4 is 0 Å². The second kappa shape index (κ2) is 5.87. The number of esters is 1. The first-order valence-corrected chi connectivity index (χ1v) is 6.74. The van der Waals surface area contributed by atoms with Gasteiger partial charge in [-0.05, 0) is 63.1 Å². The quantitative estimate of drug-likeness (QED) is 0.629. The van der Waals surface area contributed by atoms with E-state index in [1.54, 1.807) is 13.0 Å². The number of carbonyl (C=O) groups excluding carboxylic acids is 1. The molecule has 20 heavy (non-hydrogen) atoms. The second-order valence-electron chi connectivity index (χ2n) is 4.92. The van der Waals surface area contributed by atoms with E-state index in [9.17, 15) is 4.79 Å². The molecule has 1 aromatic carbocycles. The van der Waals surface area contributed by atoms with E-state index in [1.165, 1.54) is 11.6 Å². The molecule has 104 valence electrons. The fraction of sp³-hybridized carbons (Fsp3) is 0.294. The first-order chi connectivity index (χ1) is 9.51. The first kappa shape index (κ1) is 14.3. The van der Waals surface area contributed by atoms with Crippen molar-refractivity contribution in [1.82, 2.24) is 4.98 Å². The average molecular weight is 269 g/mol. The van der Waals surface area contributed by atoms with Gasteiger partial charge in [0.05, 0.1) is 12.1 Å². The van der Waals surface area contributed by atoms with Gasteiger partial charge in [0.25, 0.3) is 0 Å². The molecular formula is C17H19NO2. The van der Waals surface area contributed by atoms with Crippen molar-refractivity contribution in [3.8, 4) is 0 Å². The van der Waals surface area contributed by atoms with Crippen molar-refractivity contribution < 1.29 is 9.53 Å². The Morgan fingerprint density at radius 3 is 2.70 bits per heavy atom. The summed E-state index contributed by atoms with van der Waals surface area (Å²) in [6.45, 7) is 8.27. The SMILES string of the molecule is CCOC(=O)/C=C/c1cc(C)cc2c(C)cc(C)nc12. The van der Waals surface area contributed by atoms with Gasteiger partial charge < -0.3 is 4.74 Å². The third-order valence-corrected chi connectivity index (χ3v) is 3.11. The summed E-state index contributed by atoms with van der Waals surface area (Å²) in [4.78, 5) is 16.0. The molecule has 0 saturated heterocycles. The molecule has 0 N–H and O–H groups in total. The van der Waals surface area contributed by atoms with E-state index in [0.29, 0.717) is 6.61 Å². The van der Waals surface area contributed by atoms with E-state index in [0.717, 1.165) is 27.7 Å². The van der Waals surface area contributed by atoms with Crippen LogP contribution in [0.3, 0.4) is 0 Å². The third kappa shape index (κ3) is 3.05. The molecule has 0 aliphatic rings. The van der Waals surface area contributed by atoms with Crippen LogP contribution in [0.4, 0.5) is 0 Å². The summed E-state index contributed by atoms with van der Waals surface area (Å²) in [5.41, 5.74) is 5.19. The zero-order valence-corrected chi connectivity index (χ0v) is 12.4. The maximum absolute atomic E-state index is 11.4. The molecule has 2 rings (SSSR count). The van der Waals surface area contributed by atoms with Crippen LogP contribution in [0.1, 0.15) is 29.3 Å². The van der Waals surface area contributed by atoms with Crippen LogP contribution in [0.2, 0.25) is 0 Å². The van der Waals surface area contributed by atoms with Crippen molar-refractivity contribution >= 4 is 22.9 Å². The number of hydrogen-bond donors (Lipinski definition) is 0. The second-order valence-corrected chi connectivity index (χ2v) is 4.92. The standard InChI is InChI=1S/C17H19NO2/c1-5-20-16(19)7-6-14-8-11(2)9-15-12(3)10-13(4)18-17(14)15/h6-10H,5H2,1-4H3/b7-6+. The Morgan fingerprint density at radius 2 is 2.00 bits per heavy atom. The molecule has 0 bridgehead atoms. The van der Waals surface area contributed by atoms with Crippen LogP contribution >= 0.6 is 0 Å². The Morgan fingerprint density at radius 1 is 1.25 bits per heavy atom. The Balaban J connectivity index is 2.55. The number of fused-ring (bicyclic) bond motifs is 1. The minimum Gasteiger partial charge on any atom is -0.463 e. The van der Waals surface area contributed by atoms with Gasteiger partial charge in [-0.3, -0.25) is 4.98 Å². The van der Waals surface area contributed by atoms with Gasteiger partial charge in [0.2, 0.25) is 0 Å². The van der Waals surface area contributed by atoms with Gasteiger partial charge in [0.1, 0.15) is 0 Å². The van der Waals surface area contributed by atoms with Crippen molar-refractivity contribution in [3.05, 3.63) is 46.7 Å². The van der Waals surface area contributed by atoms with Gasteiger partial charge >= 0.3 is 5.97 Å². The third-order valence-electron chi connectivity index (χ3n) is 3.11. The first-order valence-electron chi connectivity index (χ1n) is 6.74. The van der Waals surface area contributed by atoms with Gasteiger partial charge in [-0.15, -0.1) is 0 Å². The van der Waals surface area contributed by atoms with E-state index in [4.69, 9.17) is 4.74 Å². The van der Waals surface area contributed by atoms with Gasteiger partial charge in [0, 0.05) is 22.7 Å². The summed E-state index contributed by atoms with van der Waals surface area (Å²) in [6.07, 6.45) is 3.23. The topological polar surface area (TPSA) is 39.2 Å². The summed E-state index contributed by atoms with van der Waals surface area (Å²) in [5, 5.41) is 1.12. The Labute approximate surface area is 119 Å². The largest absolute Gasteiger partial charge is 0.463 e. The molecule has 2 aromatic rings. The van der Waals surface area contributed by atoms with Crippen molar-refractivity contribution in [3.63, 3.8) is 0 Å². The maximum Gasteiger partial charge on any atom is 0.330 e. The highest BCUT2D eigenvalue weighted by molar-refractivity contribution is 5.94. The zero-order valence-electron chi connectivity index (χ0n) is 12.4. The highest BCUT2D eigenvalue weighted by atomic mass is 16.5. The van der Waals surface area contributed by atoms with Crippen LogP contribution in [-0.2, 0) is 9.53 Å². The summed E-state index contributed by atoms with van der Waals surface area (Å²) in [7, 11) is 0. The van der Waals surface area contributed by atoms with Crippen molar-refractivity contribution in [2.75, 3.05) is 6.61 Å². The molecule has 0 spiro atoms. The predicted molar refractivity (Wildman–Crippen MR) is 81.6 cm³/mol. The van der Waals surface area contributed by atoms with Gasteiger partial charge in [-0.25, -0.2) is 4.79 Å². The molecule has 0 atom stereocenters. The van der Waals surface area contributed by atoms with Crippen LogP contribution in [0, 0.1) is 20.8 Å². The van der Waals surface area contributed by atoms with Crippen LogP contribution in [-0.4, -0.2) is 17.6 Å². The molecule has 0 unspecified atom stereocenters. The van der Waals surface area contributed by atoms with E-state index in [2.05, 4.69) is 24.0 Å². The average Bonchev–Trinajstić information content (AvgIpc) is 2.37. The molecule has 0 saturated carbocycles. The number of aromatic nitrogens is 1. The van der Waals surface area contributed by atoms with Crippen molar-refractivity contribution in [1.29, 1.82) is 0 Å². The summed E-state index contributed by atoms with van der Waals surface area (Å²) in [6, 6.07) is 6.23. The van der Waals surface area contributed by atoms with Crippen molar-refractivity contribution in [2.24, 2.45) is 0 Å². The number of hydrogen-bond acceptors (Lipinski definition) is 3. The molecule has 3 nitrogen and oxygen atoms in total. The number of carbonyl (C=O) groups is 1. The maximum atomic E-state index is 11.4. The summed E-state index contributed by atoms with van der Waals surface area (Å²) < 4.78 is 4.91. The van der Waals surface area contributed by atoms with E-state index >= 15 is 0 Å². The minimum absolute atomic E-state index is 0.327. The molecule has 0 amide bonds.